The molecule has 1 aliphatic rings. The van der Waals surface area contributed by atoms with Crippen molar-refractivity contribution in [1.29, 1.82) is 0 Å². The van der Waals surface area contributed by atoms with E-state index in [9.17, 15) is 0 Å². The Morgan fingerprint density at radius 3 is 1.59 bits per heavy atom. The van der Waals surface area contributed by atoms with E-state index in [0.29, 0.717) is 17.6 Å². The van der Waals surface area contributed by atoms with Crippen LogP contribution in [0.25, 0.3) is 33.9 Å². The summed E-state index contributed by atoms with van der Waals surface area (Å²) in [6.07, 6.45) is 0. The zero-order valence-electron chi connectivity index (χ0n) is 20.9. The summed E-state index contributed by atoms with van der Waals surface area (Å²) in [6, 6.07) is 45.3. The van der Waals surface area contributed by atoms with Gasteiger partial charge in [-0.05, 0) is 29.8 Å². The van der Waals surface area contributed by atoms with Crippen LogP contribution in [0.15, 0.2) is 140 Å². The second-order valence-electron chi connectivity index (χ2n) is 9.27. The first-order valence-corrected chi connectivity index (χ1v) is 14.4. The third kappa shape index (κ3) is 3.87. The van der Waals surface area contributed by atoms with Crippen molar-refractivity contribution in [2.45, 2.75) is 0 Å². The van der Waals surface area contributed by atoms with Crippen LogP contribution in [0.4, 0.5) is 11.6 Å². The maximum absolute atomic E-state index is 15.7. The molecule has 5 aromatic carbocycles. The molecule has 0 spiro atoms. The summed E-state index contributed by atoms with van der Waals surface area (Å²) < 4.78 is 17.5. The highest BCUT2D eigenvalue weighted by Gasteiger charge is 2.44. The number of aromatic nitrogens is 3. The SMILES string of the molecule is O=P1(c2ccccc2)c2ccccc2-c2ccccc2N1c1nc(-c2ccccc2)nc(-c2ccccc2)n1. The topological polar surface area (TPSA) is 59.0 Å². The van der Waals surface area contributed by atoms with Gasteiger partial charge in [-0.15, -0.1) is 0 Å². The van der Waals surface area contributed by atoms with Gasteiger partial charge < -0.3 is 0 Å². The molecule has 0 aliphatic carbocycles. The molecule has 1 atom stereocenters. The van der Waals surface area contributed by atoms with Crippen LogP contribution in [0, 0.1) is 0 Å². The lowest BCUT2D eigenvalue weighted by Gasteiger charge is -2.38. The maximum atomic E-state index is 15.7. The van der Waals surface area contributed by atoms with Crippen molar-refractivity contribution in [2.75, 3.05) is 4.67 Å². The number of fused-ring (bicyclic) bond motifs is 3. The Hall–Kier alpha value is -4.86. The van der Waals surface area contributed by atoms with Crippen molar-refractivity contribution in [3.8, 4) is 33.9 Å². The van der Waals surface area contributed by atoms with Gasteiger partial charge in [0.25, 0.3) is 0 Å². The van der Waals surface area contributed by atoms with Crippen molar-refractivity contribution in [3.05, 3.63) is 140 Å². The second kappa shape index (κ2) is 9.46. The first-order chi connectivity index (χ1) is 19.2. The van der Waals surface area contributed by atoms with E-state index in [-0.39, 0.29) is 0 Å². The normalized spacial score (nSPS) is 15.8. The maximum Gasteiger partial charge on any atom is 0.240 e. The van der Waals surface area contributed by atoms with Gasteiger partial charge in [0.15, 0.2) is 11.6 Å². The number of rotatable bonds is 4. The van der Waals surface area contributed by atoms with E-state index >= 15 is 4.57 Å². The number of hydrogen-bond donors (Lipinski definition) is 0. The summed E-state index contributed by atoms with van der Waals surface area (Å²) in [6.45, 7) is 0. The third-order valence-corrected chi connectivity index (χ3v) is 9.92. The fourth-order valence-electron chi connectivity index (χ4n) is 5.12. The first kappa shape index (κ1) is 23.3. The number of hydrogen-bond acceptors (Lipinski definition) is 4. The van der Waals surface area contributed by atoms with E-state index in [0.717, 1.165) is 38.6 Å². The highest BCUT2D eigenvalue weighted by molar-refractivity contribution is 7.80. The van der Waals surface area contributed by atoms with E-state index in [1.165, 1.54) is 0 Å². The van der Waals surface area contributed by atoms with Crippen LogP contribution in [0.2, 0.25) is 0 Å². The molecule has 6 heteroatoms. The highest BCUT2D eigenvalue weighted by Crippen LogP contribution is 2.60. The Bertz CT molecular complexity index is 1790. The van der Waals surface area contributed by atoms with Gasteiger partial charge in [0.2, 0.25) is 13.2 Å². The molecule has 7 rings (SSSR count). The molecule has 0 radical (unpaired) electrons. The van der Waals surface area contributed by atoms with Crippen LogP contribution in [-0.2, 0) is 4.57 Å². The molecule has 1 unspecified atom stereocenters. The van der Waals surface area contributed by atoms with Crippen LogP contribution in [0.5, 0.6) is 0 Å². The fraction of sp³-hybridized carbons (Fsp3) is 0. The van der Waals surface area contributed by atoms with Gasteiger partial charge in [-0.1, -0.05) is 115 Å². The Kier molecular flexibility index (Phi) is 5.65. The summed E-state index contributed by atoms with van der Waals surface area (Å²) in [4.78, 5) is 14.8. The van der Waals surface area contributed by atoms with Gasteiger partial charge in [0.05, 0.1) is 5.69 Å². The molecule has 0 N–H and O–H groups in total. The Morgan fingerprint density at radius 1 is 0.487 bits per heavy atom. The van der Waals surface area contributed by atoms with Crippen molar-refractivity contribution >= 4 is 29.5 Å². The van der Waals surface area contributed by atoms with Gasteiger partial charge in [-0.25, -0.2) is 4.98 Å². The van der Waals surface area contributed by atoms with Gasteiger partial charge in [-0.2, -0.15) is 9.97 Å². The summed E-state index contributed by atoms with van der Waals surface area (Å²) in [5, 5.41) is 1.48. The van der Waals surface area contributed by atoms with E-state index < -0.39 is 7.29 Å². The minimum Gasteiger partial charge on any atom is -0.289 e. The lowest BCUT2D eigenvalue weighted by atomic mass is 10.0. The quantitative estimate of drug-likeness (QED) is 0.228. The van der Waals surface area contributed by atoms with E-state index in [1.54, 1.807) is 0 Å². The highest BCUT2D eigenvalue weighted by atomic mass is 31.2. The molecule has 0 fully saturated rings. The molecule has 5 nitrogen and oxygen atoms in total. The monoisotopic (exact) mass is 522 g/mol. The number of anilines is 2. The second-order valence-corrected chi connectivity index (χ2v) is 11.8. The Morgan fingerprint density at radius 2 is 0.974 bits per heavy atom. The van der Waals surface area contributed by atoms with Crippen LogP contribution in [0.1, 0.15) is 0 Å². The fourth-order valence-corrected chi connectivity index (χ4v) is 8.05. The van der Waals surface area contributed by atoms with Crippen LogP contribution in [-0.4, -0.2) is 15.0 Å². The lowest BCUT2D eigenvalue weighted by molar-refractivity contribution is 0.586. The van der Waals surface area contributed by atoms with Crippen molar-refractivity contribution in [3.63, 3.8) is 0 Å². The van der Waals surface area contributed by atoms with E-state index in [4.69, 9.17) is 15.0 Å². The molecule has 186 valence electrons. The summed E-state index contributed by atoms with van der Waals surface area (Å²) in [5.41, 5.74) is 4.46. The smallest absolute Gasteiger partial charge is 0.240 e. The number of nitrogens with zero attached hydrogens (tertiary/aromatic N) is 4. The van der Waals surface area contributed by atoms with Crippen molar-refractivity contribution < 1.29 is 4.57 Å². The van der Waals surface area contributed by atoms with Crippen molar-refractivity contribution in [2.24, 2.45) is 0 Å². The zero-order valence-corrected chi connectivity index (χ0v) is 21.8. The molecule has 39 heavy (non-hydrogen) atoms. The van der Waals surface area contributed by atoms with E-state index in [2.05, 4.69) is 6.07 Å². The average Bonchev–Trinajstić information content (AvgIpc) is 3.02. The Labute approximate surface area is 226 Å². The molecule has 6 aromatic rings. The van der Waals surface area contributed by atoms with Gasteiger partial charge in [0, 0.05) is 27.3 Å². The summed E-state index contributed by atoms with van der Waals surface area (Å²) in [7, 11) is -3.46. The molecule has 0 saturated carbocycles. The molecular weight excluding hydrogens is 499 g/mol. The Balaban J connectivity index is 1.57. The van der Waals surface area contributed by atoms with Crippen molar-refractivity contribution in [1.82, 2.24) is 15.0 Å². The zero-order chi connectivity index (χ0) is 26.2. The predicted molar refractivity (Wildman–Crippen MR) is 158 cm³/mol. The van der Waals surface area contributed by atoms with E-state index in [1.807, 2.05) is 138 Å². The lowest BCUT2D eigenvalue weighted by Crippen LogP contribution is -2.34. The molecular formula is C33H23N4OP. The van der Waals surface area contributed by atoms with Gasteiger partial charge in [-0.3, -0.25) is 9.24 Å². The first-order valence-electron chi connectivity index (χ1n) is 12.8. The van der Waals surface area contributed by atoms with Gasteiger partial charge in [0.1, 0.15) is 0 Å². The molecule has 0 amide bonds. The predicted octanol–water partition coefficient (Wildman–Crippen LogP) is 7.25. The largest absolute Gasteiger partial charge is 0.289 e. The minimum atomic E-state index is -3.46. The number of benzene rings is 5. The van der Waals surface area contributed by atoms with Crippen LogP contribution in [0.3, 0.4) is 0 Å². The summed E-state index contributed by atoms with van der Waals surface area (Å²) in [5.74, 6) is 1.39. The number of para-hydroxylation sites is 1. The van der Waals surface area contributed by atoms with Gasteiger partial charge >= 0.3 is 0 Å². The molecule has 0 bridgehead atoms. The molecule has 2 heterocycles. The van der Waals surface area contributed by atoms with Crippen LogP contribution >= 0.6 is 7.29 Å². The average molecular weight is 523 g/mol. The van der Waals surface area contributed by atoms with Crippen LogP contribution < -0.4 is 15.3 Å². The molecule has 0 saturated heterocycles. The summed E-state index contributed by atoms with van der Waals surface area (Å²) >= 11 is 0. The molecule has 1 aromatic heterocycles. The molecule has 1 aliphatic heterocycles. The third-order valence-electron chi connectivity index (χ3n) is 6.92. The minimum absolute atomic E-state index is 0.344. The standard InChI is InChI=1S/C33H23N4OP/c38-39(26-18-8-3-9-19-26)30-23-13-11-21-28(30)27-20-10-12-22-29(27)37(39)33-35-31(24-14-4-1-5-15-24)34-32(36-33)25-16-6-2-7-17-25/h1-23H.